The Morgan fingerprint density at radius 1 is 0.580 bits per heavy atom. The minimum absolute atomic E-state index is 0.0424. The zero-order valence-corrected chi connectivity index (χ0v) is 33.3. The van der Waals surface area contributed by atoms with Gasteiger partial charge in [0.1, 0.15) is 12.6 Å². The van der Waals surface area contributed by atoms with Crippen LogP contribution in [0.1, 0.15) is 187 Å². The molecule has 0 aromatic carbocycles. The molecule has 0 aliphatic carbocycles. The Bertz CT molecular complexity index is 838. The van der Waals surface area contributed by atoms with Crippen molar-refractivity contribution < 1.29 is 38.2 Å². The van der Waals surface area contributed by atoms with E-state index in [4.69, 9.17) is 14.2 Å². The maximum Gasteiger partial charge on any atom is 0.306 e. The maximum absolute atomic E-state index is 12.7. The van der Waals surface area contributed by atoms with Crippen molar-refractivity contribution in [1.82, 2.24) is 0 Å². The summed E-state index contributed by atoms with van der Waals surface area (Å²) in [7, 11) is 5.40. The second-order valence-electron chi connectivity index (χ2n) is 15.2. The third kappa shape index (κ3) is 32.0. The number of rotatable bonds is 37. The molecule has 0 rings (SSSR count). The first-order valence-corrected chi connectivity index (χ1v) is 20.7. The second kappa shape index (κ2) is 34.2. The smallest absolute Gasteiger partial charge is 0.306 e. The largest absolute Gasteiger partial charge is 0.544 e. The molecule has 0 aromatic rings. The molecular weight excluding hydrogens is 630 g/mol. The molecule has 0 aliphatic rings. The van der Waals surface area contributed by atoms with Gasteiger partial charge in [-0.3, -0.25) is 9.59 Å². The van der Waals surface area contributed by atoms with Gasteiger partial charge in [-0.2, -0.15) is 0 Å². The zero-order valence-electron chi connectivity index (χ0n) is 33.3. The summed E-state index contributed by atoms with van der Waals surface area (Å²) in [6, 6.07) is -0.722. The van der Waals surface area contributed by atoms with Crippen molar-refractivity contribution in [2.45, 2.75) is 199 Å². The van der Waals surface area contributed by atoms with E-state index in [9.17, 15) is 19.5 Å². The molecule has 294 valence electrons. The van der Waals surface area contributed by atoms with Crippen LogP contribution in [0.15, 0.2) is 12.2 Å². The van der Waals surface area contributed by atoms with Gasteiger partial charge in [0.15, 0.2) is 6.10 Å². The van der Waals surface area contributed by atoms with Crippen molar-refractivity contribution in [2.24, 2.45) is 0 Å². The Kier molecular flexibility index (Phi) is 32.9. The first kappa shape index (κ1) is 48.1. The third-order valence-electron chi connectivity index (χ3n) is 9.40. The van der Waals surface area contributed by atoms with Crippen LogP contribution in [-0.2, 0) is 28.6 Å². The predicted molar refractivity (Wildman–Crippen MR) is 204 cm³/mol. The molecule has 2 unspecified atom stereocenters. The number of likely N-dealkylation sites (N-methyl/N-ethyl adjacent to an activating group) is 1. The van der Waals surface area contributed by atoms with E-state index < -0.39 is 18.1 Å². The minimum Gasteiger partial charge on any atom is -0.544 e. The SMILES string of the molecule is CCCCCCCC/C=C\CCCCCCCC(=O)OC(COCCC(C(=O)[O-])[N+](C)(C)C)COC(=O)CCCCCCCCCCCCC. The molecule has 0 bridgehead atoms. The fourth-order valence-electron chi connectivity index (χ4n) is 6.12. The second-order valence-corrected chi connectivity index (χ2v) is 15.2. The number of quaternary nitrogens is 1. The highest BCUT2D eigenvalue weighted by Gasteiger charge is 2.25. The van der Waals surface area contributed by atoms with Crippen LogP contribution in [0.3, 0.4) is 0 Å². The Labute approximate surface area is 308 Å². The van der Waals surface area contributed by atoms with E-state index in [-0.39, 0.29) is 42.7 Å². The average molecular weight is 710 g/mol. The number of unbranched alkanes of at least 4 members (excludes halogenated alkanes) is 21. The Morgan fingerprint density at radius 2 is 1.00 bits per heavy atom. The minimum atomic E-state index is -1.12. The van der Waals surface area contributed by atoms with Gasteiger partial charge in [0.2, 0.25) is 0 Å². The summed E-state index contributed by atoms with van der Waals surface area (Å²) in [6.07, 6.45) is 33.7. The molecular formula is C42H79NO7. The lowest BCUT2D eigenvalue weighted by molar-refractivity contribution is -0.889. The van der Waals surface area contributed by atoms with Crippen molar-refractivity contribution >= 4 is 17.9 Å². The Balaban J connectivity index is 4.38. The molecule has 0 amide bonds. The van der Waals surface area contributed by atoms with E-state index in [1.807, 2.05) is 0 Å². The van der Waals surface area contributed by atoms with E-state index in [0.29, 0.717) is 12.8 Å². The maximum atomic E-state index is 12.7. The Hall–Kier alpha value is -1.93. The van der Waals surface area contributed by atoms with E-state index in [0.717, 1.165) is 51.4 Å². The molecule has 50 heavy (non-hydrogen) atoms. The lowest BCUT2D eigenvalue weighted by Gasteiger charge is -2.34. The van der Waals surface area contributed by atoms with Gasteiger partial charge in [-0.25, -0.2) is 0 Å². The first-order chi connectivity index (χ1) is 24.1. The van der Waals surface area contributed by atoms with Crippen molar-refractivity contribution in [2.75, 3.05) is 41.0 Å². The number of esters is 2. The molecule has 0 N–H and O–H groups in total. The summed E-state index contributed by atoms with van der Waals surface area (Å²) >= 11 is 0. The number of allylic oxidation sites excluding steroid dienone is 2. The van der Waals surface area contributed by atoms with Crippen molar-refractivity contribution in [3.8, 4) is 0 Å². The molecule has 0 spiro atoms. The summed E-state index contributed by atoms with van der Waals surface area (Å²) in [6.45, 7) is 4.65. The molecule has 8 nitrogen and oxygen atoms in total. The topological polar surface area (TPSA) is 102 Å². The monoisotopic (exact) mass is 710 g/mol. The lowest BCUT2D eigenvalue weighted by atomic mass is 10.1. The van der Waals surface area contributed by atoms with Gasteiger partial charge in [-0.1, -0.05) is 142 Å². The standard InChI is InChI=1S/C42H79NO7/c1-6-8-10-12-14-16-18-19-20-21-23-25-27-29-31-33-41(45)50-38(36-48-35-34-39(42(46)47)43(3,4)5)37-49-40(44)32-30-28-26-24-22-17-15-13-11-9-7-2/h19-20,38-39H,6-18,21-37H2,1-5H3/b20-19-. The lowest BCUT2D eigenvalue weighted by Crippen LogP contribution is -2.55. The van der Waals surface area contributed by atoms with Crippen LogP contribution in [0, 0.1) is 0 Å². The first-order valence-electron chi connectivity index (χ1n) is 20.7. The van der Waals surface area contributed by atoms with Gasteiger partial charge < -0.3 is 28.6 Å². The normalized spacial score (nSPS) is 13.1. The Morgan fingerprint density at radius 3 is 1.44 bits per heavy atom. The highest BCUT2D eigenvalue weighted by molar-refractivity contribution is 5.70. The average Bonchev–Trinajstić information content (AvgIpc) is 3.06. The third-order valence-corrected chi connectivity index (χ3v) is 9.40. The highest BCUT2D eigenvalue weighted by Crippen LogP contribution is 2.14. The van der Waals surface area contributed by atoms with Gasteiger partial charge >= 0.3 is 11.9 Å². The van der Waals surface area contributed by atoms with Crippen LogP contribution in [0.4, 0.5) is 0 Å². The molecule has 0 fully saturated rings. The number of hydrogen-bond donors (Lipinski definition) is 0. The number of ether oxygens (including phenoxy) is 3. The molecule has 0 saturated carbocycles. The van der Waals surface area contributed by atoms with E-state index in [2.05, 4.69) is 26.0 Å². The summed E-state index contributed by atoms with van der Waals surface area (Å²) in [5, 5.41) is 11.6. The van der Waals surface area contributed by atoms with Crippen LogP contribution in [0.25, 0.3) is 0 Å². The number of carboxylic acid groups (broad SMARTS) is 1. The molecule has 0 saturated heterocycles. The number of carboxylic acids is 1. The van der Waals surface area contributed by atoms with Crippen LogP contribution in [-0.4, -0.2) is 75.5 Å². The van der Waals surface area contributed by atoms with Crippen molar-refractivity contribution in [1.29, 1.82) is 0 Å². The number of carbonyl (C=O) groups excluding carboxylic acids is 3. The highest BCUT2D eigenvalue weighted by atomic mass is 16.6. The summed E-state index contributed by atoms with van der Waals surface area (Å²) in [4.78, 5) is 36.7. The van der Waals surface area contributed by atoms with Gasteiger partial charge in [0, 0.05) is 19.3 Å². The van der Waals surface area contributed by atoms with E-state index in [1.165, 1.54) is 103 Å². The molecule has 2 atom stereocenters. The molecule has 0 aliphatic heterocycles. The fourth-order valence-corrected chi connectivity index (χ4v) is 6.12. The van der Waals surface area contributed by atoms with Crippen LogP contribution in [0.2, 0.25) is 0 Å². The quantitative estimate of drug-likeness (QED) is 0.0274. The predicted octanol–water partition coefficient (Wildman–Crippen LogP) is 9.41. The van der Waals surface area contributed by atoms with Crippen LogP contribution >= 0.6 is 0 Å². The zero-order chi connectivity index (χ0) is 37.1. The van der Waals surface area contributed by atoms with E-state index >= 15 is 0 Å². The van der Waals surface area contributed by atoms with Crippen LogP contribution in [0.5, 0.6) is 0 Å². The fraction of sp³-hybridized carbons (Fsp3) is 0.881. The summed E-state index contributed by atoms with van der Waals surface area (Å²) < 4.78 is 17.1. The number of nitrogens with zero attached hydrogens (tertiary/aromatic N) is 1. The molecule has 8 heteroatoms. The number of aliphatic carboxylic acids is 1. The summed E-state index contributed by atoms with van der Waals surface area (Å²) in [5.74, 6) is -1.74. The summed E-state index contributed by atoms with van der Waals surface area (Å²) in [5.41, 5.74) is 0. The number of carbonyl (C=O) groups is 3. The van der Waals surface area contributed by atoms with Crippen LogP contribution < -0.4 is 5.11 Å². The molecule has 0 radical (unpaired) electrons. The van der Waals surface area contributed by atoms with Gasteiger partial charge in [0.05, 0.1) is 40.3 Å². The van der Waals surface area contributed by atoms with Gasteiger partial charge in [-0.15, -0.1) is 0 Å². The number of hydrogen-bond acceptors (Lipinski definition) is 7. The van der Waals surface area contributed by atoms with Gasteiger partial charge in [0.25, 0.3) is 0 Å². The van der Waals surface area contributed by atoms with E-state index in [1.54, 1.807) is 21.1 Å². The molecule has 0 aromatic heterocycles. The molecule has 0 heterocycles. The van der Waals surface area contributed by atoms with Crippen molar-refractivity contribution in [3.05, 3.63) is 12.2 Å². The van der Waals surface area contributed by atoms with Gasteiger partial charge in [-0.05, 0) is 38.5 Å². The van der Waals surface area contributed by atoms with Crippen molar-refractivity contribution in [3.63, 3.8) is 0 Å².